The Kier molecular flexibility index (Phi) is 3.93. The molecule has 1 aliphatic rings. The summed E-state index contributed by atoms with van der Waals surface area (Å²) in [5, 5.41) is 11.6. The van der Waals surface area contributed by atoms with Crippen molar-refractivity contribution in [2.45, 2.75) is 12.1 Å². The third-order valence-corrected chi connectivity index (χ3v) is 5.05. The summed E-state index contributed by atoms with van der Waals surface area (Å²) in [6, 6.07) is 2.06. The second-order valence-corrected chi connectivity index (χ2v) is 7.42. The van der Waals surface area contributed by atoms with Gasteiger partial charge in [0.1, 0.15) is 11.9 Å². The van der Waals surface area contributed by atoms with Crippen molar-refractivity contribution < 1.29 is 22.7 Å². The molecule has 1 heterocycles. The van der Waals surface area contributed by atoms with E-state index in [2.05, 4.69) is 21.2 Å². The molecule has 1 fully saturated rings. The topological polar surface area (TPSA) is 83.5 Å². The fourth-order valence-corrected chi connectivity index (χ4v) is 4.06. The zero-order valence-electron chi connectivity index (χ0n) is 9.64. The molecule has 8 heteroatoms. The summed E-state index contributed by atoms with van der Waals surface area (Å²) >= 11 is 3.18. The van der Waals surface area contributed by atoms with Gasteiger partial charge in [-0.15, -0.1) is 0 Å². The molecule has 0 aliphatic carbocycles. The van der Waals surface area contributed by atoms with Crippen LogP contribution in [-0.4, -0.2) is 37.0 Å². The molecule has 1 aliphatic heterocycles. The Morgan fingerprint density at radius 2 is 2.11 bits per heavy atom. The highest BCUT2D eigenvalue weighted by Gasteiger charge is 2.36. The molecule has 2 N–H and O–H groups in total. The average Bonchev–Trinajstić information content (AvgIpc) is 2.30. The number of hydrogen-bond donors (Lipinski definition) is 2. The van der Waals surface area contributed by atoms with Gasteiger partial charge in [0.2, 0.25) is 0 Å². The largest absolute Gasteiger partial charge is 0.480 e. The first-order valence-electron chi connectivity index (χ1n) is 5.43. The molecule has 1 saturated heterocycles. The van der Waals surface area contributed by atoms with Crippen molar-refractivity contribution in [1.29, 1.82) is 0 Å². The Labute approximate surface area is 117 Å². The predicted octanol–water partition coefficient (Wildman–Crippen LogP) is 1.10. The second-order valence-electron chi connectivity index (χ2n) is 4.35. The lowest BCUT2D eigenvalue weighted by molar-refractivity contribution is -0.139. The number of carboxylic acid groups (broad SMARTS) is 1. The molecule has 0 bridgehead atoms. The number of halogens is 2. The van der Waals surface area contributed by atoms with Crippen LogP contribution in [-0.2, 0) is 14.6 Å². The van der Waals surface area contributed by atoms with E-state index in [-0.39, 0.29) is 11.3 Å². The third-order valence-electron chi connectivity index (χ3n) is 2.88. The molecule has 0 saturated carbocycles. The van der Waals surface area contributed by atoms with Crippen LogP contribution in [0.3, 0.4) is 0 Å². The van der Waals surface area contributed by atoms with Crippen LogP contribution in [0.25, 0.3) is 0 Å². The quantitative estimate of drug-likeness (QED) is 0.833. The molecule has 1 aromatic carbocycles. The van der Waals surface area contributed by atoms with Gasteiger partial charge >= 0.3 is 5.97 Å². The normalized spacial score (nSPS) is 26.0. The molecule has 0 radical (unpaired) electrons. The molecule has 0 aromatic heterocycles. The monoisotopic (exact) mass is 351 g/mol. The van der Waals surface area contributed by atoms with Gasteiger partial charge in [0, 0.05) is 16.1 Å². The van der Waals surface area contributed by atoms with Crippen molar-refractivity contribution >= 4 is 31.7 Å². The highest BCUT2D eigenvalue weighted by Crippen LogP contribution is 2.26. The molecule has 2 rings (SSSR count). The Bertz CT molecular complexity index is 619. The maximum absolute atomic E-state index is 13.7. The van der Waals surface area contributed by atoms with Crippen LogP contribution < -0.4 is 5.32 Å². The predicted molar refractivity (Wildman–Crippen MR) is 70.1 cm³/mol. The van der Waals surface area contributed by atoms with Gasteiger partial charge in [0.05, 0.1) is 11.5 Å². The van der Waals surface area contributed by atoms with Crippen LogP contribution in [0, 0.1) is 5.82 Å². The van der Waals surface area contributed by atoms with Crippen molar-refractivity contribution in [3.8, 4) is 0 Å². The van der Waals surface area contributed by atoms with Crippen LogP contribution in [0.5, 0.6) is 0 Å². The highest BCUT2D eigenvalue weighted by molar-refractivity contribution is 9.10. The molecular formula is C11H11BrFNO4S. The minimum Gasteiger partial charge on any atom is -0.480 e. The third kappa shape index (κ3) is 3.31. The van der Waals surface area contributed by atoms with E-state index in [4.69, 9.17) is 5.11 Å². The Hall–Kier alpha value is -0.990. The van der Waals surface area contributed by atoms with E-state index in [0.29, 0.717) is 4.47 Å². The Balaban J connectivity index is 2.38. The molecule has 104 valence electrons. The summed E-state index contributed by atoms with van der Waals surface area (Å²) in [6.45, 7) is 0. The molecule has 5 nitrogen and oxygen atoms in total. The smallest absolute Gasteiger partial charge is 0.321 e. The minimum absolute atomic E-state index is 0.143. The molecule has 1 aromatic rings. The number of carboxylic acids is 1. The number of nitrogens with one attached hydrogen (secondary N) is 1. The van der Waals surface area contributed by atoms with Crippen LogP contribution in [0.15, 0.2) is 22.7 Å². The van der Waals surface area contributed by atoms with E-state index in [0.717, 1.165) is 0 Å². The number of aliphatic carboxylic acids is 1. The summed E-state index contributed by atoms with van der Waals surface area (Å²) in [5.41, 5.74) is 0.143. The fraction of sp³-hybridized carbons (Fsp3) is 0.364. The molecular weight excluding hydrogens is 341 g/mol. The van der Waals surface area contributed by atoms with Crippen molar-refractivity contribution in [3.63, 3.8) is 0 Å². The maximum atomic E-state index is 13.7. The second kappa shape index (κ2) is 5.18. The van der Waals surface area contributed by atoms with Crippen LogP contribution in [0.1, 0.15) is 11.6 Å². The lowest BCUT2D eigenvalue weighted by Gasteiger charge is -2.29. The maximum Gasteiger partial charge on any atom is 0.321 e. The zero-order chi connectivity index (χ0) is 14.2. The van der Waals surface area contributed by atoms with E-state index < -0.39 is 39.5 Å². The van der Waals surface area contributed by atoms with E-state index in [1.165, 1.54) is 18.2 Å². The van der Waals surface area contributed by atoms with Crippen LogP contribution in [0.2, 0.25) is 0 Å². The van der Waals surface area contributed by atoms with Gasteiger partial charge in [0.15, 0.2) is 9.84 Å². The summed E-state index contributed by atoms with van der Waals surface area (Å²) in [5.74, 6) is -2.62. The first kappa shape index (κ1) is 14.4. The SMILES string of the molecule is O=C(O)C1CS(=O)(=O)CC(c2cc(Br)ccc2F)N1. The standard InChI is InChI=1S/C11H11BrFNO4S/c12-6-1-2-8(13)7(3-6)9-4-19(17,18)5-10(14-9)11(15)16/h1-3,9-10,14H,4-5H2,(H,15,16). The van der Waals surface area contributed by atoms with Gasteiger partial charge in [-0.2, -0.15) is 0 Å². The van der Waals surface area contributed by atoms with Crippen molar-refractivity contribution in [2.75, 3.05) is 11.5 Å². The fourth-order valence-electron chi connectivity index (χ4n) is 2.02. The van der Waals surface area contributed by atoms with E-state index in [9.17, 15) is 17.6 Å². The van der Waals surface area contributed by atoms with Gasteiger partial charge < -0.3 is 5.11 Å². The lowest BCUT2D eigenvalue weighted by atomic mass is 10.1. The molecule has 2 unspecified atom stereocenters. The van der Waals surface area contributed by atoms with Gasteiger partial charge in [-0.3, -0.25) is 10.1 Å². The number of hydrogen-bond acceptors (Lipinski definition) is 4. The Morgan fingerprint density at radius 1 is 1.42 bits per heavy atom. The van der Waals surface area contributed by atoms with Gasteiger partial charge in [-0.05, 0) is 18.2 Å². The zero-order valence-corrected chi connectivity index (χ0v) is 12.0. The van der Waals surface area contributed by atoms with Gasteiger partial charge in [-0.1, -0.05) is 15.9 Å². The molecule has 0 spiro atoms. The van der Waals surface area contributed by atoms with Crippen molar-refractivity contribution in [1.82, 2.24) is 5.32 Å². The average molecular weight is 352 g/mol. The molecule has 0 amide bonds. The first-order chi connectivity index (χ1) is 8.78. The first-order valence-corrected chi connectivity index (χ1v) is 8.04. The highest BCUT2D eigenvalue weighted by atomic mass is 79.9. The number of carbonyl (C=O) groups is 1. The summed E-state index contributed by atoms with van der Waals surface area (Å²) in [6.07, 6.45) is 0. The molecule has 19 heavy (non-hydrogen) atoms. The molecule has 2 atom stereocenters. The van der Waals surface area contributed by atoms with Gasteiger partial charge in [-0.25, -0.2) is 12.8 Å². The van der Waals surface area contributed by atoms with E-state index >= 15 is 0 Å². The van der Waals surface area contributed by atoms with Crippen molar-refractivity contribution in [2.24, 2.45) is 0 Å². The summed E-state index contributed by atoms with van der Waals surface area (Å²) < 4.78 is 37.7. The number of sulfone groups is 1. The van der Waals surface area contributed by atoms with E-state index in [1.807, 2.05) is 0 Å². The van der Waals surface area contributed by atoms with Gasteiger partial charge in [0.25, 0.3) is 0 Å². The number of benzene rings is 1. The lowest BCUT2D eigenvalue weighted by Crippen LogP contribution is -2.51. The summed E-state index contributed by atoms with van der Waals surface area (Å²) in [7, 11) is -3.53. The van der Waals surface area contributed by atoms with Crippen molar-refractivity contribution in [3.05, 3.63) is 34.1 Å². The summed E-state index contributed by atoms with van der Waals surface area (Å²) in [4.78, 5) is 10.9. The minimum atomic E-state index is -3.53. The Morgan fingerprint density at radius 3 is 2.74 bits per heavy atom. The van der Waals surface area contributed by atoms with Crippen LogP contribution in [0.4, 0.5) is 4.39 Å². The van der Waals surface area contributed by atoms with E-state index in [1.54, 1.807) is 0 Å². The number of rotatable bonds is 2. The van der Waals surface area contributed by atoms with Crippen LogP contribution >= 0.6 is 15.9 Å².